The number of pyridine rings is 1. The number of nitrogens with zero attached hydrogens (tertiary/aromatic N) is 4. The van der Waals surface area contributed by atoms with Crippen LogP contribution >= 0.6 is 0 Å². The van der Waals surface area contributed by atoms with Gasteiger partial charge in [0.15, 0.2) is 6.29 Å². The van der Waals surface area contributed by atoms with E-state index in [1.165, 1.54) is 0 Å². The highest BCUT2D eigenvalue weighted by Gasteiger charge is 2.29. The molecule has 0 aliphatic carbocycles. The van der Waals surface area contributed by atoms with Crippen molar-refractivity contribution in [2.45, 2.75) is 12.5 Å². The van der Waals surface area contributed by atoms with Crippen molar-refractivity contribution in [3.63, 3.8) is 0 Å². The molecule has 30 heavy (non-hydrogen) atoms. The summed E-state index contributed by atoms with van der Waals surface area (Å²) in [6, 6.07) is 18.9. The average Bonchev–Trinajstić information content (AvgIpc) is 3.50. The fourth-order valence-electron chi connectivity index (χ4n) is 3.35. The monoisotopic (exact) mass is 396 g/mol. The minimum atomic E-state index is -0.416. The number of aldehydes is 1. The van der Waals surface area contributed by atoms with Gasteiger partial charge in [-0.2, -0.15) is 0 Å². The lowest BCUT2D eigenvalue weighted by atomic mass is 9.99. The third-order valence-corrected chi connectivity index (χ3v) is 4.91. The van der Waals surface area contributed by atoms with Crippen LogP contribution in [0.15, 0.2) is 82.6 Å². The number of hydrogen-bond donors (Lipinski definition) is 0. The summed E-state index contributed by atoms with van der Waals surface area (Å²) in [7, 11) is 0. The Morgan fingerprint density at radius 2 is 1.73 bits per heavy atom. The quantitative estimate of drug-likeness (QED) is 0.462. The molecule has 7 nitrogen and oxygen atoms in total. The summed E-state index contributed by atoms with van der Waals surface area (Å²) < 4.78 is 5.84. The number of carbonyl (C=O) groups is 1. The first-order chi connectivity index (χ1) is 14.8. The third kappa shape index (κ3) is 3.37. The van der Waals surface area contributed by atoms with Gasteiger partial charge in [0.05, 0.1) is 5.71 Å². The SMILES string of the molecule is O=Cc1ccccc1-c1ccc(-c2nnc(C3CC(c4cccnc4)=NO3)o2)cc1. The highest BCUT2D eigenvalue weighted by molar-refractivity contribution is 6.00. The lowest BCUT2D eigenvalue weighted by Gasteiger charge is -2.05. The van der Waals surface area contributed by atoms with Gasteiger partial charge in [-0.15, -0.1) is 10.2 Å². The van der Waals surface area contributed by atoms with E-state index in [0.29, 0.717) is 23.8 Å². The number of benzene rings is 2. The van der Waals surface area contributed by atoms with Gasteiger partial charge in [0, 0.05) is 35.5 Å². The minimum absolute atomic E-state index is 0.378. The molecule has 0 fully saturated rings. The van der Waals surface area contributed by atoms with E-state index in [2.05, 4.69) is 20.3 Å². The van der Waals surface area contributed by atoms with Crippen LogP contribution in [0.5, 0.6) is 0 Å². The summed E-state index contributed by atoms with van der Waals surface area (Å²) in [5.74, 6) is 0.779. The lowest BCUT2D eigenvalue weighted by molar-refractivity contribution is 0.0651. The first-order valence-corrected chi connectivity index (χ1v) is 9.43. The van der Waals surface area contributed by atoms with Crippen LogP contribution in [0.3, 0.4) is 0 Å². The largest absolute Gasteiger partial charge is 0.417 e. The van der Waals surface area contributed by atoms with Gasteiger partial charge < -0.3 is 9.25 Å². The van der Waals surface area contributed by atoms with Gasteiger partial charge in [0.25, 0.3) is 5.89 Å². The molecule has 0 amide bonds. The van der Waals surface area contributed by atoms with Gasteiger partial charge in [0.1, 0.15) is 0 Å². The molecule has 146 valence electrons. The van der Waals surface area contributed by atoms with Crippen molar-refractivity contribution in [2.24, 2.45) is 5.16 Å². The lowest BCUT2D eigenvalue weighted by Crippen LogP contribution is -2.02. The summed E-state index contributed by atoms with van der Waals surface area (Å²) >= 11 is 0. The Hall–Kier alpha value is -4.13. The molecule has 0 N–H and O–H groups in total. The standard InChI is InChI=1S/C23H16N4O3/c28-14-18-4-1-2-6-19(18)15-7-9-16(10-8-15)22-25-26-23(29-22)21-12-20(27-30-21)17-5-3-11-24-13-17/h1-11,13-14,21H,12H2. The van der Waals surface area contributed by atoms with Crippen LogP contribution in [0.4, 0.5) is 0 Å². The van der Waals surface area contributed by atoms with Crippen molar-refractivity contribution in [1.82, 2.24) is 15.2 Å². The molecule has 7 heteroatoms. The molecule has 1 atom stereocenters. The predicted molar refractivity (Wildman–Crippen MR) is 110 cm³/mol. The molecule has 4 aromatic rings. The van der Waals surface area contributed by atoms with Crippen LogP contribution in [0.2, 0.25) is 0 Å². The molecular formula is C23H16N4O3. The maximum Gasteiger partial charge on any atom is 0.260 e. The molecule has 0 spiro atoms. The molecule has 1 aliphatic heterocycles. The van der Waals surface area contributed by atoms with Gasteiger partial charge in [-0.3, -0.25) is 9.78 Å². The van der Waals surface area contributed by atoms with Crippen molar-refractivity contribution in [3.8, 4) is 22.6 Å². The topological polar surface area (TPSA) is 90.5 Å². The van der Waals surface area contributed by atoms with Gasteiger partial charge in [0.2, 0.25) is 12.0 Å². The second kappa shape index (κ2) is 7.71. The molecule has 2 aromatic carbocycles. The van der Waals surface area contributed by atoms with Crippen LogP contribution in [0.25, 0.3) is 22.6 Å². The summed E-state index contributed by atoms with van der Waals surface area (Å²) in [6.45, 7) is 0. The molecule has 0 saturated carbocycles. The third-order valence-electron chi connectivity index (χ3n) is 4.91. The van der Waals surface area contributed by atoms with Crippen LogP contribution in [-0.4, -0.2) is 27.2 Å². The summed E-state index contributed by atoms with van der Waals surface area (Å²) in [5, 5.41) is 12.4. The molecule has 0 saturated heterocycles. The second-order valence-electron chi connectivity index (χ2n) is 6.81. The molecule has 0 bridgehead atoms. The van der Waals surface area contributed by atoms with E-state index >= 15 is 0 Å². The van der Waals surface area contributed by atoms with E-state index in [1.807, 2.05) is 54.6 Å². The zero-order valence-corrected chi connectivity index (χ0v) is 15.8. The molecule has 3 heterocycles. The van der Waals surface area contributed by atoms with E-state index in [4.69, 9.17) is 9.25 Å². The number of oxime groups is 1. The molecule has 0 radical (unpaired) electrons. The first-order valence-electron chi connectivity index (χ1n) is 9.43. The van der Waals surface area contributed by atoms with Gasteiger partial charge in [-0.25, -0.2) is 0 Å². The number of hydrogen-bond acceptors (Lipinski definition) is 7. The zero-order valence-electron chi connectivity index (χ0n) is 15.8. The summed E-state index contributed by atoms with van der Waals surface area (Å²) in [6.07, 6.45) is 4.44. The summed E-state index contributed by atoms with van der Waals surface area (Å²) in [4.78, 5) is 20.9. The van der Waals surface area contributed by atoms with Crippen LogP contribution in [-0.2, 0) is 4.84 Å². The first kappa shape index (κ1) is 17.9. The maximum absolute atomic E-state index is 11.3. The van der Waals surface area contributed by atoms with Gasteiger partial charge >= 0.3 is 0 Å². The van der Waals surface area contributed by atoms with Gasteiger partial charge in [-0.1, -0.05) is 41.6 Å². The number of carbonyl (C=O) groups excluding carboxylic acids is 1. The van der Waals surface area contributed by atoms with Crippen molar-refractivity contribution >= 4 is 12.0 Å². The Balaban J connectivity index is 1.33. The number of rotatable bonds is 5. The molecule has 5 rings (SSSR count). The van der Waals surface area contributed by atoms with Crippen molar-refractivity contribution in [2.75, 3.05) is 0 Å². The van der Waals surface area contributed by atoms with Gasteiger partial charge in [-0.05, 0) is 35.4 Å². The van der Waals surface area contributed by atoms with E-state index in [9.17, 15) is 4.79 Å². The minimum Gasteiger partial charge on any atom is -0.417 e. The Morgan fingerprint density at radius 1 is 0.900 bits per heavy atom. The Kier molecular flexibility index (Phi) is 4.61. The highest BCUT2D eigenvalue weighted by Crippen LogP contribution is 2.31. The van der Waals surface area contributed by atoms with E-state index < -0.39 is 6.10 Å². The molecular weight excluding hydrogens is 380 g/mol. The van der Waals surface area contributed by atoms with Crippen LogP contribution in [0, 0.1) is 0 Å². The molecule has 2 aromatic heterocycles. The predicted octanol–water partition coefficient (Wildman–Crippen LogP) is 4.48. The van der Waals surface area contributed by atoms with E-state index in [-0.39, 0.29) is 0 Å². The van der Waals surface area contributed by atoms with E-state index in [0.717, 1.165) is 34.3 Å². The number of aromatic nitrogens is 3. The van der Waals surface area contributed by atoms with E-state index in [1.54, 1.807) is 18.5 Å². The maximum atomic E-state index is 11.3. The fraction of sp³-hybridized carbons (Fsp3) is 0.0870. The summed E-state index contributed by atoms with van der Waals surface area (Å²) in [5.41, 5.74) is 4.96. The molecule has 1 aliphatic rings. The zero-order chi connectivity index (χ0) is 20.3. The Bertz CT molecular complexity index is 1220. The highest BCUT2D eigenvalue weighted by atomic mass is 16.6. The second-order valence-corrected chi connectivity index (χ2v) is 6.81. The van der Waals surface area contributed by atoms with Crippen molar-refractivity contribution in [1.29, 1.82) is 0 Å². The van der Waals surface area contributed by atoms with Crippen LogP contribution in [0.1, 0.15) is 34.3 Å². The smallest absolute Gasteiger partial charge is 0.260 e. The fourth-order valence-corrected chi connectivity index (χ4v) is 3.35. The Labute approximate surface area is 172 Å². The van der Waals surface area contributed by atoms with Crippen molar-refractivity contribution < 1.29 is 14.0 Å². The van der Waals surface area contributed by atoms with Crippen molar-refractivity contribution in [3.05, 3.63) is 90.1 Å². The average molecular weight is 396 g/mol. The Morgan fingerprint density at radius 3 is 2.53 bits per heavy atom. The molecule has 1 unspecified atom stereocenters. The van der Waals surface area contributed by atoms with Crippen LogP contribution < -0.4 is 0 Å². The normalized spacial score (nSPS) is 15.5.